The zero-order valence-electron chi connectivity index (χ0n) is 45.6. The van der Waals surface area contributed by atoms with Crippen molar-refractivity contribution in [1.82, 2.24) is 40.1 Å². The van der Waals surface area contributed by atoms with Crippen molar-refractivity contribution in [3.63, 3.8) is 0 Å². The molecule has 1 amide bonds. The normalized spacial score (nSPS) is 18.2. The number of aromatic amines is 1. The molecule has 0 radical (unpaired) electrons. The molecule has 4 saturated heterocycles. The number of hydrogen-bond donors (Lipinski definition) is 5. The second kappa shape index (κ2) is 29.1. The summed E-state index contributed by atoms with van der Waals surface area (Å²) in [6.45, 7) is 18.3. The van der Waals surface area contributed by atoms with Crippen LogP contribution in [-0.2, 0) is 14.2 Å². The van der Waals surface area contributed by atoms with Gasteiger partial charge in [-0.3, -0.25) is 9.78 Å². The molecule has 4 aromatic heterocycles. The molecule has 4 aliphatic rings. The van der Waals surface area contributed by atoms with Gasteiger partial charge >= 0.3 is 6.09 Å². The summed E-state index contributed by atoms with van der Waals surface area (Å²) in [7, 11) is 1.63. The van der Waals surface area contributed by atoms with Crippen LogP contribution >= 0.6 is 34.5 Å². The molecule has 0 aliphatic carbocycles. The summed E-state index contributed by atoms with van der Waals surface area (Å²) in [5.41, 5.74) is 10.9. The maximum Gasteiger partial charge on any atom is 0.410 e. The highest BCUT2D eigenvalue weighted by Crippen LogP contribution is 2.42. The van der Waals surface area contributed by atoms with Crippen LogP contribution in [0.5, 0.6) is 5.88 Å². The van der Waals surface area contributed by atoms with E-state index in [1.54, 1.807) is 34.7 Å². The van der Waals surface area contributed by atoms with E-state index in [-0.39, 0.29) is 23.7 Å². The predicted molar refractivity (Wildman–Crippen MR) is 305 cm³/mol. The average molecular weight is 1170 g/mol. The number of thiazole rings is 2. The zero-order valence-corrected chi connectivity index (χ0v) is 48.0. The number of benzene rings is 2. The average Bonchev–Trinajstić information content (AvgIpc) is 4.37. The Hall–Kier alpha value is -7.78. The molecular weight excluding hydrogens is 1110 g/mol. The van der Waals surface area contributed by atoms with Crippen LogP contribution in [0.25, 0.3) is 41.6 Å². The van der Waals surface area contributed by atoms with Crippen molar-refractivity contribution in [3.05, 3.63) is 57.9 Å². The molecule has 10 rings (SSSR count). The highest BCUT2D eigenvalue weighted by molar-refractivity contribution is 7.22. The molecule has 81 heavy (non-hydrogen) atoms. The van der Waals surface area contributed by atoms with Crippen molar-refractivity contribution in [2.45, 2.75) is 78.0 Å². The summed E-state index contributed by atoms with van der Waals surface area (Å²) in [5.74, 6) is 2.93. The number of likely N-dealkylation sites (tertiary alicyclic amines) is 1. The first-order valence-corrected chi connectivity index (χ1v) is 28.0. The van der Waals surface area contributed by atoms with Crippen LogP contribution < -0.4 is 36.0 Å². The summed E-state index contributed by atoms with van der Waals surface area (Å²) in [4.78, 5) is 59.4. The van der Waals surface area contributed by atoms with Crippen molar-refractivity contribution >= 4 is 84.5 Å². The van der Waals surface area contributed by atoms with E-state index in [1.165, 1.54) is 5.56 Å². The van der Waals surface area contributed by atoms with Crippen LogP contribution in [0.3, 0.4) is 0 Å². The van der Waals surface area contributed by atoms with Crippen LogP contribution in [0.1, 0.15) is 57.6 Å². The van der Waals surface area contributed by atoms with Gasteiger partial charge in [-0.15, -0.1) is 22.7 Å². The fourth-order valence-corrected chi connectivity index (χ4v) is 11.1. The Balaban J connectivity index is 0.000000178. The Morgan fingerprint density at radius 3 is 1.88 bits per heavy atom. The van der Waals surface area contributed by atoms with Gasteiger partial charge in [0, 0.05) is 57.9 Å². The molecule has 430 valence electrons. The zero-order chi connectivity index (χ0) is 57.1. The van der Waals surface area contributed by atoms with Gasteiger partial charge in [-0.05, 0) is 142 Å². The second-order valence-electron chi connectivity index (χ2n) is 19.5. The van der Waals surface area contributed by atoms with Gasteiger partial charge in [0.1, 0.15) is 38.4 Å². The van der Waals surface area contributed by atoms with Gasteiger partial charge in [0.25, 0.3) is 5.56 Å². The van der Waals surface area contributed by atoms with Crippen molar-refractivity contribution < 1.29 is 23.7 Å². The molecule has 30 nitrogen and oxygen atoms in total. The number of carbonyl (C=O) groups excluding carboxylic acids is 1. The third-order valence-electron chi connectivity index (χ3n) is 12.7. The first-order chi connectivity index (χ1) is 39.3. The molecule has 0 saturated carbocycles. The number of H-pyrrole nitrogens is 1. The van der Waals surface area contributed by atoms with Crippen molar-refractivity contribution in [3.8, 4) is 27.0 Å². The maximum absolute atomic E-state index is 13.3. The molecule has 0 unspecified atom stereocenters. The Kier molecular flexibility index (Phi) is 21.3. The molecule has 2 aromatic carbocycles. The number of amides is 1. The number of carbonyl (C=O) groups is 1. The maximum atomic E-state index is 13.3. The van der Waals surface area contributed by atoms with E-state index in [2.05, 4.69) is 114 Å². The van der Waals surface area contributed by atoms with Gasteiger partial charge in [0.05, 0.1) is 65.7 Å². The summed E-state index contributed by atoms with van der Waals surface area (Å²) >= 11 is 7.89. The molecule has 0 spiro atoms. The molecule has 0 bridgehead atoms. The van der Waals surface area contributed by atoms with Crippen molar-refractivity contribution in [1.29, 1.82) is 5.53 Å². The van der Waals surface area contributed by atoms with E-state index in [1.807, 2.05) is 45.0 Å². The van der Waals surface area contributed by atoms with Crippen LogP contribution in [0, 0.1) is 19.4 Å². The number of halogens is 1. The Bertz CT molecular complexity index is 3290. The van der Waals surface area contributed by atoms with E-state index in [0.29, 0.717) is 106 Å². The summed E-state index contributed by atoms with van der Waals surface area (Å²) < 4.78 is 27.4. The van der Waals surface area contributed by atoms with Gasteiger partial charge in [-0.1, -0.05) is 28.9 Å². The monoisotopic (exact) mass is 1170 g/mol. The first kappa shape index (κ1) is 59.3. The number of nitrogens with one attached hydrogen (secondary N) is 5. The molecule has 6 aromatic rings. The highest BCUT2D eigenvalue weighted by Gasteiger charge is 2.31. The fraction of sp³-hybridized carbons (Fsp3) is 0.521. The van der Waals surface area contributed by atoms with E-state index < -0.39 is 5.60 Å². The minimum atomic E-state index is -0.539. The number of morpholine rings is 2. The van der Waals surface area contributed by atoms with Gasteiger partial charge < -0.3 is 49.6 Å². The van der Waals surface area contributed by atoms with Crippen LogP contribution in [0.4, 0.5) is 28.3 Å². The molecule has 2 atom stereocenters. The predicted octanol–water partition coefficient (Wildman–Crippen LogP) is 10.1. The number of anilines is 4. The molecule has 4 aliphatic heterocycles. The Morgan fingerprint density at radius 2 is 1.31 bits per heavy atom. The van der Waals surface area contributed by atoms with E-state index >= 15 is 0 Å². The van der Waals surface area contributed by atoms with Gasteiger partial charge in [-0.25, -0.2) is 14.8 Å². The number of piperidine rings is 2. The third-order valence-corrected chi connectivity index (χ3v) is 15.2. The number of aryl methyl sites for hydroxylation is 2. The number of aromatic nitrogens is 6. The number of fused-ring (bicyclic) bond motifs is 2. The minimum absolute atomic E-state index is 0.0109. The lowest BCUT2D eigenvalue weighted by Crippen LogP contribution is -2.47. The summed E-state index contributed by atoms with van der Waals surface area (Å²) in [6.07, 6.45) is 3.63. The smallest absolute Gasteiger partial charge is 0.410 e. The van der Waals surface area contributed by atoms with Gasteiger partial charge in [-0.2, -0.15) is 20.5 Å². The number of hydrogen-bond acceptors (Lipinski definition) is 20. The van der Waals surface area contributed by atoms with Crippen LogP contribution in [0.2, 0.25) is 0 Å². The van der Waals surface area contributed by atoms with Gasteiger partial charge in [0.2, 0.25) is 17.8 Å². The number of rotatable bonds is 14. The Morgan fingerprint density at radius 1 is 0.741 bits per heavy atom. The number of ether oxygens (including phenoxy) is 4. The standard InChI is InChI=1S/C27H36N6O4S.C21H26N6O2S.ClHN12/c1-17-8-6-10-19-21(17)38-24(29-19)20-22(30-25(31-23(20)35-5)32-12-14-36-15-13-32)28-18-9-7-11-33(16-18)26(34)37-27(2,3)4;1-13-4-2-6-15-17(13)30-20(24-15)16-18(23-14-5-3-7-22-12-14)25-21(26-19(16)28)27-8-10-29-11-9-27;1-3-5-7-9-11-13-12-10-8-6-4-2/h6,8,10,18H,7,9,11-16H2,1-5H3,(H,28,30,31);2,4,6,14,22H,3,5,7-12H2,1H3,(H2,23,25,26,28);2H/b;;4-2?,5-3?,8-6+,9-7+,12-10+,13-11+/t18-;14-;/m11./s1. The summed E-state index contributed by atoms with van der Waals surface area (Å²) in [6, 6.07) is 12.4. The first-order valence-electron chi connectivity index (χ1n) is 26.0. The van der Waals surface area contributed by atoms with Crippen molar-refractivity contribution in [2.24, 2.45) is 56.9 Å². The Labute approximate surface area is 477 Å². The lowest BCUT2D eigenvalue weighted by molar-refractivity contribution is 0.0206. The van der Waals surface area contributed by atoms with Crippen LogP contribution in [-0.4, -0.2) is 144 Å². The SMILES string of the molecule is COc1nc(N2CCOCC2)nc(N[C@@H]2CCCN(C(=O)OC(C)(C)C)C2)c1-c1nc2cccc(C)c2s1.Cc1cccc2nc(-c3c(N[C@@H]4CCCNC4)nc(N4CCOCC4)[nH]c3=O)sc12.N=N/N=N/N=N/N=N/N=N/N=NCl. The van der Waals surface area contributed by atoms with Gasteiger partial charge in [0.15, 0.2) is 0 Å². The second-order valence-corrected chi connectivity index (χ2v) is 21.7. The van der Waals surface area contributed by atoms with Crippen molar-refractivity contribution in [2.75, 3.05) is 106 Å². The number of nitrogens with zero attached hydrogens (tertiary/aromatic N) is 19. The largest absolute Gasteiger partial charge is 0.480 e. The molecule has 4 fully saturated rings. The molecule has 8 heterocycles. The lowest BCUT2D eigenvalue weighted by atomic mass is 10.1. The molecule has 33 heteroatoms. The fourth-order valence-electron chi connectivity index (χ4n) is 8.96. The topological polar surface area (TPSA) is 357 Å². The van der Waals surface area contributed by atoms with E-state index in [4.69, 9.17) is 61.2 Å². The lowest BCUT2D eigenvalue weighted by Gasteiger charge is -2.35. The van der Waals surface area contributed by atoms with E-state index in [9.17, 15) is 9.59 Å². The van der Waals surface area contributed by atoms with Crippen LogP contribution in [0.15, 0.2) is 98.1 Å². The molecule has 5 N–H and O–H groups in total. The minimum Gasteiger partial charge on any atom is -0.480 e. The third kappa shape index (κ3) is 16.4. The number of methoxy groups -OCH3 is 1. The quantitative estimate of drug-likeness (QED) is 0.0500. The summed E-state index contributed by atoms with van der Waals surface area (Å²) in [5, 5.41) is 40.6. The molecular formula is C48H63ClN24O6S2. The highest BCUT2D eigenvalue weighted by atomic mass is 35.5. The van der Waals surface area contributed by atoms with E-state index in [0.717, 1.165) is 75.3 Å².